The van der Waals surface area contributed by atoms with Gasteiger partial charge in [-0.3, -0.25) is 4.79 Å². The standard InChI is InChI=1S/C17H20ClN3O/c1-12(2)9-10-19-17(22)16-8-7-13(11-20-16)21-15-6-4-3-5-14(15)18/h3-8,11-12,21H,9-10H2,1-2H3,(H,19,22). The normalized spacial score (nSPS) is 10.5. The molecule has 0 saturated carbocycles. The number of nitrogens with zero attached hydrogens (tertiary/aromatic N) is 1. The van der Waals surface area contributed by atoms with Gasteiger partial charge in [0.15, 0.2) is 0 Å². The number of halogens is 1. The van der Waals surface area contributed by atoms with Gasteiger partial charge in [-0.05, 0) is 36.6 Å². The van der Waals surface area contributed by atoms with Crippen LogP contribution in [0, 0.1) is 5.92 Å². The highest BCUT2D eigenvalue weighted by Crippen LogP contribution is 2.24. The third-order valence-electron chi connectivity index (χ3n) is 3.16. The van der Waals surface area contributed by atoms with Gasteiger partial charge < -0.3 is 10.6 Å². The number of nitrogens with one attached hydrogen (secondary N) is 2. The molecule has 22 heavy (non-hydrogen) atoms. The molecule has 1 heterocycles. The second-order valence-corrected chi connectivity index (χ2v) is 5.88. The molecule has 0 aliphatic carbocycles. The molecule has 4 nitrogen and oxygen atoms in total. The van der Waals surface area contributed by atoms with Crippen molar-refractivity contribution in [3.8, 4) is 0 Å². The fourth-order valence-electron chi connectivity index (χ4n) is 1.89. The first-order chi connectivity index (χ1) is 10.6. The van der Waals surface area contributed by atoms with E-state index in [9.17, 15) is 4.79 Å². The summed E-state index contributed by atoms with van der Waals surface area (Å²) in [7, 11) is 0. The van der Waals surface area contributed by atoms with E-state index < -0.39 is 0 Å². The van der Waals surface area contributed by atoms with E-state index in [4.69, 9.17) is 11.6 Å². The number of hydrogen-bond acceptors (Lipinski definition) is 3. The summed E-state index contributed by atoms with van der Waals surface area (Å²) in [6.45, 7) is 4.91. The molecular weight excluding hydrogens is 298 g/mol. The van der Waals surface area contributed by atoms with Crippen LogP contribution >= 0.6 is 11.6 Å². The van der Waals surface area contributed by atoms with Crippen LogP contribution in [0.3, 0.4) is 0 Å². The van der Waals surface area contributed by atoms with Gasteiger partial charge in [0.1, 0.15) is 5.69 Å². The number of hydrogen-bond donors (Lipinski definition) is 2. The number of anilines is 2. The van der Waals surface area contributed by atoms with E-state index in [1.54, 1.807) is 12.3 Å². The summed E-state index contributed by atoms with van der Waals surface area (Å²) < 4.78 is 0. The summed E-state index contributed by atoms with van der Waals surface area (Å²) in [6.07, 6.45) is 2.58. The molecule has 0 bridgehead atoms. The number of aromatic nitrogens is 1. The molecule has 0 atom stereocenters. The maximum atomic E-state index is 11.9. The summed E-state index contributed by atoms with van der Waals surface area (Å²) in [5, 5.41) is 6.67. The van der Waals surface area contributed by atoms with Gasteiger partial charge in [-0.2, -0.15) is 0 Å². The largest absolute Gasteiger partial charge is 0.353 e. The van der Waals surface area contributed by atoms with Crippen molar-refractivity contribution in [1.29, 1.82) is 0 Å². The Kier molecular flexibility index (Phi) is 5.78. The van der Waals surface area contributed by atoms with Crippen molar-refractivity contribution in [3.63, 3.8) is 0 Å². The highest BCUT2D eigenvalue weighted by molar-refractivity contribution is 6.33. The Morgan fingerprint density at radius 3 is 2.64 bits per heavy atom. The third kappa shape index (κ3) is 4.74. The number of rotatable bonds is 6. The van der Waals surface area contributed by atoms with Crippen LogP contribution in [0.15, 0.2) is 42.6 Å². The zero-order chi connectivity index (χ0) is 15.9. The maximum Gasteiger partial charge on any atom is 0.269 e. The van der Waals surface area contributed by atoms with Crippen molar-refractivity contribution in [2.75, 3.05) is 11.9 Å². The Bertz CT molecular complexity index is 626. The van der Waals surface area contributed by atoms with Crippen LogP contribution < -0.4 is 10.6 Å². The van der Waals surface area contributed by atoms with Crippen LogP contribution in [0.4, 0.5) is 11.4 Å². The van der Waals surface area contributed by atoms with Crippen LogP contribution in [0.5, 0.6) is 0 Å². The molecule has 2 aromatic rings. The number of para-hydroxylation sites is 1. The molecule has 1 amide bonds. The van der Waals surface area contributed by atoms with E-state index in [-0.39, 0.29) is 5.91 Å². The van der Waals surface area contributed by atoms with E-state index in [0.29, 0.717) is 23.2 Å². The lowest BCUT2D eigenvalue weighted by atomic mass is 10.1. The first-order valence-corrected chi connectivity index (χ1v) is 7.70. The minimum absolute atomic E-state index is 0.148. The van der Waals surface area contributed by atoms with Gasteiger partial charge in [0.2, 0.25) is 0 Å². The Balaban J connectivity index is 1.95. The summed E-state index contributed by atoms with van der Waals surface area (Å²) in [5.41, 5.74) is 2.00. The SMILES string of the molecule is CC(C)CCNC(=O)c1ccc(Nc2ccccc2Cl)cn1. The molecule has 0 aliphatic heterocycles. The van der Waals surface area contributed by atoms with Gasteiger partial charge >= 0.3 is 0 Å². The van der Waals surface area contributed by atoms with E-state index in [1.165, 1.54) is 0 Å². The molecule has 0 spiro atoms. The molecule has 0 aliphatic rings. The third-order valence-corrected chi connectivity index (χ3v) is 3.49. The average Bonchev–Trinajstić information content (AvgIpc) is 2.50. The predicted molar refractivity (Wildman–Crippen MR) is 90.8 cm³/mol. The van der Waals surface area contributed by atoms with Gasteiger partial charge in [-0.25, -0.2) is 4.98 Å². The molecule has 1 aromatic carbocycles. The predicted octanol–water partition coefficient (Wildman–Crippen LogP) is 4.25. The lowest BCUT2D eigenvalue weighted by Gasteiger charge is -2.09. The quantitative estimate of drug-likeness (QED) is 0.837. The molecule has 5 heteroatoms. The molecular formula is C17H20ClN3O. The van der Waals surface area contributed by atoms with Crippen molar-refractivity contribution in [2.24, 2.45) is 5.92 Å². The molecule has 0 unspecified atom stereocenters. The molecule has 0 saturated heterocycles. The lowest BCUT2D eigenvalue weighted by Crippen LogP contribution is -2.26. The zero-order valence-electron chi connectivity index (χ0n) is 12.8. The Hall–Kier alpha value is -2.07. The summed E-state index contributed by atoms with van der Waals surface area (Å²) in [4.78, 5) is 16.1. The fraction of sp³-hybridized carbons (Fsp3) is 0.294. The Morgan fingerprint density at radius 1 is 1.23 bits per heavy atom. The van der Waals surface area contributed by atoms with E-state index >= 15 is 0 Å². The summed E-state index contributed by atoms with van der Waals surface area (Å²) in [5.74, 6) is 0.417. The molecule has 0 fully saturated rings. The van der Waals surface area contributed by atoms with Crippen LogP contribution in [0.2, 0.25) is 5.02 Å². The van der Waals surface area contributed by atoms with Gasteiger partial charge in [-0.15, -0.1) is 0 Å². The average molecular weight is 318 g/mol. The number of pyridine rings is 1. The Labute approximate surface area is 135 Å². The van der Waals surface area contributed by atoms with Gasteiger partial charge in [0, 0.05) is 6.54 Å². The lowest BCUT2D eigenvalue weighted by molar-refractivity contribution is 0.0947. The van der Waals surface area contributed by atoms with E-state index in [0.717, 1.165) is 17.8 Å². The van der Waals surface area contributed by atoms with Crippen molar-refractivity contribution in [1.82, 2.24) is 10.3 Å². The van der Waals surface area contributed by atoms with Crippen molar-refractivity contribution >= 4 is 28.9 Å². The van der Waals surface area contributed by atoms with Gasteiger partial charge in [0.05, 0.1) is 22.6 Å². The second-order valence-electron chi connectivity index (χ2n) is 5.48. The number of carbonyl (C=O) groups excluding carboxylic acids is 1. The Morgan fingerprint density at radius 2 is 2.00 bits per heavy atom. The minimum Gasteiger partial charge on any atom is -0.353 e. The second kappa shape index (κ2) is 7.80. The van der Waals surface area contributed by atoms with Crippen LogP contribution in [0.1, 0.15) is 30.8 Å². The molecule has 0 radical (unpaired) electrons. The fourth-order valence-corrected chi connectivity index (χ4v) is 2.07. The zero-order valence-corrected chi connectivity index (χ0v) is 13.5. The van der Waals surface area contributed by atoms with Crippen LogP contribution in [0.25, 0.3) is 0 Å². The van der Waals surface area contributed by atoms with Gasteiger partial charge in [0.25, 0.3) is 5.91 Å². The number of carbonyl (C=O) groups is 1. The molecule has 1 aromatic heterocycles. The number of benzene rings is 1. The number of amides is 1. The molecule has 2 N–H and O–H groups in total. The minimum atomic E-state index is -0.148. The summed E-state index contributed by atoms with van der Waals surface area (Å²) >= 11 is 6.09. The highest BCUT2D eigenvalue weighted by atomic mass is 35.5. The molecule has 2 rings (SSSR count). The first kappa shape index (κ1) is 16.3. The van der Waals surface area contributed by atoms with Crippen LogP contribution in [-0.4, -0.2) is 17.4 Å². The van der Waals surface area contributed by atoms with Gasteiger partial charge in [-0.1, -0.05) is 37.6 Å². The first-order valence-electron chi connectivity index (χ1n) is 7.32. The van der Waals surface area contributed by atoms with Crippen molar-refractivity contribution in [3.05, 3.63) is 53.3 Å². The smallest absolute Gasteiger partial charge is 0.269 e. The van der Waals surface area contributed by atoms with Crippen LogP contribution in [-0.2, 0) is 0 Å². The molecule has 116 valence electrons. The monoisotopic (exact) mass is 317 g/mol. The van der Waals surface area contributed by atoms with E-state index in [1.807, 2.05) is 30.3 Å². The van der Waals surface area contributed by atoms with E-state index in [2.05, 4.69) is 29.5 Å². The topological polar surface area (TPSA) is 54.0 Å². The van der Waals surface area contributed by atoms with Crippen molar-refractivity contribution < 1.29 is 4.79 Å². The highest BCUT2D eigenvalue weighted by Gasteiger charge is 2.07. The summed E-state index contributed by atoms with van der Waals surface area (Å²) in [6, 6.07) is 11.0. The van der Waals surface area contributed by atoms with Crippen molar-refractivity contribution in [2.45, 2.75) is 20.3 Å². The maximum absolute atomic E-state index is 11.9.